The number of rotatable bonds is 1. The number of hydrogen-bond donors (Lipinski definition) is 3. The van der Waals surface area contributed by atoms with Crippen molar-refractivity contribution in [1.82, 2.24) is 20.2 Å². The Kier molecular flexibility index (Phi) is 2.28. The molecule has 3 N–H and O–H groups in total. The summed E-state index contributed by atoms with van der Waals surface area (Å²) in [6.07, 6.45) is 2.25. The Balaban J connectivity index is 1.92. The number of nitrogens with one attached hydrogen (secondary N) is 3. The SMILES string of the molecule is CC1(C)CC(=O)Nc2cc3nc(-c4cc[nH]n4)[nH]c3cc21. The lowest BCUT2D eigenvalue weighted by molar-refractivity contribution is -0.117. The molecule has 0 saturated heterocycles. The van der Waals surface area contributed by atoms with Gasteiger partial charge in [0.05, 0.1) is 11.0 Å². The van der Waals surface area contributed by atoms with Gasteiger partial charge < -0.3 is 10.3 Å². The fraction of sp³-hybridized carbons (Fsp3) is 0.267. The summed E-state index contributed by atoms with van der Waals surface area (Å²) < 4.78 is 0. The Morgan fingerprint density at radius 1 is 1.29 bits per heavy atom. The molecule has 0 atom stereocenters. The minimum absolute atomic E-state index is 0.0508. The second kappa shape index (κ2) is 3.94. The lowest BCUT2D eigenvalue weighted by atomic mass is 9.78. The average Bonchev–Trinajstić information content (AvgIpc) is 3.04. The van der Waals surface area contributed by atoms with E-state index in [2.05, 4.69) is 45.4 Å². The maximum atomic E-state index is 11.8. The third kappa shape index (κ3) is 1.83. The fourth-order valence-electron chi connectivity index (χ4n) is 2.92. The maximum Gasteiger partial charge on any atom is 0.225 e. The Morgan fingerprint density at radius 3 is 2.90 bits per heavy atom. The van der Waals surface area contributed by atoms with Crippen LogP contribution in [0.2, 0.25) is 0 Å². The first kappa shape index (κ1) is 12.1. The van der Waals surface area contributed by atoms with Crippen LogP contribution in [0, 0.1) is 0 Å². The van der Waals surface area contributed by atoms with Crippen LogP contribution < -0.4 is 5.32 Å². The van der Waals surface area contributed by atoms with E-state index in [9.17, 15) is 4.79 Å². The molecule has 0 fully saturated rings. The Morgan fingerprint density at radius 2 is 2.14 bits per heavy atom. The van der Waals surface area contributed by atoms with Crippen molar-refractivity contribution in [2.45, 2.75) is 25.7 Å². The van der Waals surface area contributed by atoms with Crippen molar-refractivity contribution < 1.29 is 4.79 Å². The van der Waals surface area contributed by atoms with Gasteiger partial charge in [0.15, 0.2) is 5.82 Å². The predicted octanol–water partition coefficient (Wildman–Crippen LogP) is 2.57. The highest BCUT2D eigenvalue weighted by Crippen LogP contribution is 2.39. The van der Waals surface area contributed by atoms with Crippen LogP contribution in [-0.4, -0.2) is 26.1 Å². The van der Waals surface area contributed by atoms with Gasteiger partial charge in [-0.2, -0.15) is 5.10 Å². The van der Waals surface area contributed by atoms with Crippen molar-refractivity contribution in [2.24, 2.45) is 0 Å². The zero-order valence-corrected chi connectivity index (χ0v) is 11.8. The number of benzene rings is 1. The molecule has 3 aromatic rings. The third-order valence-electron chi connectivity index (χ3n) is 3.97. The normalized spacial score (nSPS) is 16.8. The molecule has 0 unspecified atom stereocenters. The molecule has 106 valence electrons. The van der Waals surface area contributed by atoms with Crippen molar-refractivity contribution in [3.05, 3.63) is 30.0 Å². The Hall–Kier alpha value is -2.63. The van der Waals surface area contributed by atoms with Crippen LogP contribution in [0.1, 0.15) is 25.8 Å². The van der Waals surface area contributed by atoms with E-state index < -0.39 is 0 Å². The van der Waals surface area contributed by atoms with Crippen LogP contribution in [0.15, 0.2) is 24.4 Å². The van der Waals surface area contributed by atoms with Gasteiger partial charge in [-0.3, -0.25) is 9.89 Å². The van der Waals surface area contributed by atoms with Gasteiger partial charge in [0, 0.05) is 23.7 Å². The van der Waals surface area contributed by atoms with Crippen molar-refractivity contribution in [3.63, 3.8) is 0 Å². The van der Waals surface area contributed by atoms with Gasteiger partial charge in [0.1, 0.15) is 5.69 Å². The summed E-state index contributed by atoms with van der Waals surface area (Å²) in [6, 6.07) is 5.87. The van der Waals surface area contributed by atoms with Gasteiger partial charge in [-0.25, -0.2) is 4.98 Å². The van der Waals surface area contributed by atoms with Crippen LogP contribution in [0.3, 0.4) is 0 Å². The van der Waals surface area contributed by atoms with Crippen LogP contribution >= 0.6 is 0 Å². The highest BCUT2D eigenvalue weighted by atomic mass is 16.1. The topological polar surface area (TPSA) is 86.5 Å². The highest BCUT2D eigenvalue weighted by Gasteiger charge is 2.32. The second-order valence-corrected chi connectivity index (χ2v) is 6.07. The number of aromatic nitrogens is 4. The van der Waals surface area contributed by atoms with E-state index >= 15 is 0 Å². The molecule has 6 heteroatoms. The van der Waals surface area contributed by atoms with Gasteiger partial charge in [0.25, 0.3) is 0 Å². The van der Waals surface area contributed by atoms with Crippen LogP contribution in [-0.2, 0) is 10.2 Å². The lowest BCUT2D eigenvalue weighted by Gasteiger charge is -2.31. The molecule has 0 aliphatic carbocycles. The predicted molar refractivity (Wildman–Crippen MR) is 79.9 cm³/mol. The Labute approximate surface area is 121 Å². The first-order chi connectivity index (χ1) is 10.0. The largest absolute Gasteiger partial charge is 0.337 e. The second-order valence-electron chi connectivity index (χ2n) is 6.07. The fourth-order valence-corrected chi connectivity index (χ4v) is 2.92. The van der Waals surface area contributed by atoms with Crippen molar-refractivity contribution >= 4 is 22.6 Å². The van der Waals surface area contributed by atoms with E-state index in [4.69, 9.17) is 0 Å². The molecule has 1 aliphatic heterocycles. The minimum atomic E-state index is -0.177. The minimum Gasteiger partial charge on any atom is -0.337 e. The van der Waals surface area contributed by atoms with Crippen LogP contribution in [0.4, 0.5) is 5.69 Å². The van der Waals surface area contributed by atoms with Crippen LogP contribution in [0.5, 0.6) is 0 Å². The summed E-state index contributed by atoms with van der Waals surface area (Å²) in [7, 11) is 0. The average molecular weight is 281 g/mol. The van der Waals surface area contributed by atoms with Gasteiger partial charge in [-0.15, -0.1) is 0 Å². The third-order valence-corrected chi connectivity index (χ3v) is 3.97. The molecule has 1 aliphatic rings. The quantitative estimate of drug-likeness (QED) is 0.640. The number of H-pyrrole nitrogens is 2. The first-order valence-corrected chi connectivity index (χ1v) is 6.87. The summed E-state index contributed by atoms with van der Waals surface area (Å²) in [5.41, 5.74) is 4.35. The zero-order chi connectivity index (χ0) is 14.6. The number of nitrogens with zero attached hydrogens (tertiary/aromatic N) is 2. The molecule has 0 saturated carbocycles. The molecule has 1 aromatic carbocycles. The number of aromatic amines is 2. The molecule has 3 heterocycles. The van der Waals surface area contributed by atoms with Gasteiger partial charge in [0.2, 0.25) is 5.91 Å². The van der Waals surface area contributed by atoms with Gasteiger partial charge in [-0.05, 0) is 23.8 Å². The number of carbonyl (C=O) groups is 1. The van der Waals surface area contributed by atoms with Gasteiger partial charge in [-0.1, -0.05) is 13.8 Å². The van der Waals surface area contributed by atoms with E-state index in [0.29, 0.717) is 6.42 Å². The summed E-state index contributed by atoms with van der Waals surface area (Å²) in [4.78, 5) is 19.7. The number of amides is 1. The van der Waals surface area contributed by atoms with E-state index in [1.165, 1.54) is 0 Å². The summed E-state index contributed by atoms with van der Waals surface area (Å²) in [6.45, 7) is 4.17. The summed E-state index contributed by atoms with van der Waals surface area (Å²) in [5, 5.41) is 9.85. The number of carbonyl (C=O) groups excluding carboxylic acids is 1. The van der Waals surface area contributed by atoms with E-state index in [-0.39, 0.29) is 11.3 Å². The molecule has 0 bridgehead atoms. The molecule has 6 nitrogen and oxygen atoms in total. The van der Waals surface area contributed by atoms with Crippen LogP contribution in [0.25, 0.3) is 22.6 Å². The maximum absolute atomic E-state index is 11.8. The van der Waals surface area contributed by atoms with E-state index in [1.807, 2.05) is 12.1 Å². The molecule has 0 radical (unpaired) electrons. The van der Waals surface area contributed by atoms with Gasteiger partial charge >= 0.3 is 0 Å². The molecular weight excluding hydrogens is 266 g/mol. The molecule has 0 spiro atoms. The molecular formula is C15H15N5O. The number of anilines is 1. The van der Waals surface area contributed by atoms with Crippen molar-refractivity contribution in [3.8, 4) is 11.5 Å². The lowest BCUT2D eigenvalue weighted by Crippen LogP contribution is -2.32. The molecule has 1 amide bonds. The van der Waals surface area contributed by atoms with E-state index in [0.717, 1.165) is 33.8 Å². The van der Waals surface area contributed by atoms with E-state index in [1.54, 1.807) is 6.20 Å². The Bertz CT molecular complexity index is 844. The monoisotopic (exact) mass is 281 g/mol. The number of imidazole rings is 1. The number of hydrogen-bond acceptors (Lipinski definition) is 3. The molecule has 21 heavy (non-hydrogen) atoms. The zero-order valence-electron chi connectivity index (χ0n) is 11.8. The highest BCUT2D eigenvalue weighted by molar-refractivity contribution is 5.98. The number of fused-ring (bicyclic) bond motifs is 2. The molecule has 2 aromatic heterocycles. The first-order valence-electron chi connectivity index (χ1n) is 6.87. The van der Waals surface area contributed by atoms with Crippen molar-refractivity contribution in [2.75, 3.05) is 5.32 Å². The smallest absolute Gasteiger partial charge is 0.225 e. The summed E-state index contributed by atoms with van der Waals surface area (Å²) >= 11 is 0. The summed E-state index contributed by atoms with van der Waals surface area (Å²) in [5.74, 6) is 0.771. The van der Waals surface area contributed by atoms with Crippen molar-refractivity contribution in [1.29, 1.82) is 0 Å². The molecule has 4 rings (SSSR count). The standard InChI is InChI=1S/C15H15N5O/c1-15(2)7-13(21)17-10-6-12-11(5-8(10)15)18-14(19-12)9-3-4-16-20-9/h3-6H,7H2,1-2H3,(H,16,20)(H,17,21)(H,18,19).